The van der Waals surface area contributed by atoms with E-state index in [2.05, 4.69) is 54.0 Å². The molecule has 2 aromatic carbocycles. The molecule has 142 valence electrons. The summed E-state index contributed by atoms with van der Waals surface area (Å²) in [4.78, 5) is 4.69. The lowest BCUT2D eigenvalue weighted by Crippen LogP contribution is -2.05. The molecule has 2 aromatic heterocycles. The SMILES string of the molecule is Cc1ccc(CC(c2ccsc2)c2nc(-c3ccc(CO)cc3)no2)cc1C. The molecular formula is C23H22N2O2S. The van der Waals surface area contributed by atoms with Crippen molar-refractivity contribution in [2.24, 2.45) is 0 Å². The highest BCUT2D eigenvalue weighted by Gasteiger charge is 2.23. The summed E-state index contributed by atoms with van der Waals surface area (Å²) in [5.41, 5.74) is 6.76. The Morgan fingerprint density at radius 3 is 2.46 bits per heavy atom. The van der Waals surface area contributed by atoms with Crippen LogP contribution in [0.5, 0.6) is 0 Å². The van der Waals surface area contributed by atoms with Gasteiger partial charge in [-0.05, 0) is 64.9 Å². The first-order valence-corrected chi connectivity index (χ1v) is 10.2. The van der Waals surface area contributed by atoms with Gasteiger partial charge in [-0.1, -0.05) is 47.6 Å². The lowest BCUT2D eigenvalue weighted by atomic mass is 9.92. The van der Waals surface area contributed by atoms with Crippen LogP contribution in [-0.2, 0) is 13.0 Å². The van der Waals surface area contributed by atoms with Crippen LogP contribution < -0.4 is 0 Å². The maximum Gasteiger partial charge on any atom is 0.234 e. The maximum absolute atomic E-state index is 9.21. The maximum atomic E-state index is 9.21. The second kappa shape index (κ2) is 8.09. The number of hydrogen-bond donors (Lipinski definition) is 1. The van der Waals surface area contributed by atoms with Gasteiger partial charge in [0.05, 0.1) is 12.5 Å². The number of rotatable bonds is 6. The fraction of sp³-hybridized carbons (Fsp3) is 0.217. The second-order valence-corrected chi connectivity index (χ2v) is 7.82. The smallest absolute Gasteiger partial charge is 0.234 e. The van der Waals surface area contributed by atoms with Crippen LogP contribution in [0.1, 0.15) is 39.6 Å². The minimum atomic E-state index is 0.0197. The van der Waals surface area contributed by atoms with E-state index in [4.69, 9.17) is 9.51 Å². The number of hydrogen-bond acceptors (Lipinski definition) is 5. The molecule has 4 nitrogen and oxygen atoms in total. The molecule has 1 N–H and O–H groups in total. The minimum Gasteiger partial charge on any atom is -0.392 e. The Morgan fingerprint density at radius 2 is 1.79 bits per heavy atom. The number of aliphatic hydroxyl groups excluding tert-OH is 1. The van der Waals surface area contributed by atoms with Crippen LogP contribution in [0.25, 0.3) is 11.4 Å². The van der Waals surface area contributed by atoms with E-state index in [1.165, 1.54) is 22.3 Å². The van der Waals surface area contributed by atoms with Gasteiger partial charge in [0.2, 0.25) is 11.7 Å². The summed E-state index contributed by atoms with van der Waals surface area (Å²) in [5, 5.41) is 17.6. The topological polar surface area (TPSA) is 59.2 Å². The highest BCUT2D eigenvalue weighted by molar-refractivity contribution is 7.08. The Hall–Kier alpha value is -2.76. The lowest BCUT2D eigenvalue weighted by Gasteiger charge is -2.13. The van der Waals surface area contributed by atoms with Crippen molar-refractivity contribution >= 4 is 11.3 Å². The summed E-state index contributed by atoms with van der Waals surface area (Å²) in [7, 11) is 0. The van der Waals surface area contributed by atoms with Crippen molar-refractivity contribution in [3.8, 4) is 11.4 Å². The number of benzene rings is 2. The molecular weight excluding hydrogens is 368 g/mol. The van der Waals surface area contributed by atoms with Gasteiger partial charge in [0.1, 0.15) is 0 Å². The molecule has 0 amide bonds. The van der Waals surface area contributed by atoms with Crippen molar-refractivity contribution in [3.63, 3.8) is 0 Å². The number of aryl methyl sites for hydroxylation is 2. The van der Waals surface area contributed by atoms with Crippen molar-refractivity contribution in [1.82, 2.24) is 10.1 Å². The van der Waals surface area contributed by atoms with Gasteiger partial charge in [-0.2, -0.15) is 16.3 Å². The number of nitrogens with zero attached hydrogens (tertiary/aromatic N) is 2. The zero-order chi connectivity index (χ0) is 19.5. The Kier molecular flexibility index (Phi) is 5.37. The fourth-order valence-electron chi connectivity index (χ4n) is 3.24. The van der Waals surface area contributed by atoms with Crippen molar-refractivity contribution in [2.75, 3.05) is 0 Å². The van der Waals surface area contributed by atoms with E-state index in [1.54, 1.807) is 11.3 Å². The Morgan fingerprint density at radius 1 is 1.00 bits per heavy atom. The first kappa shape index (κ1) is 18.6. The van der Waals surface area contributed by atoms with E-state index in [0.717, 1.165) is 17.5 Å². The molecule has 0 aliphatic rings. The first-order valence-electron chi connectivity index (χ1n) is 9.26. The molecule has 4 rings (SSSR count). The second-order valence-electron chi connectivity index (χ2n) is 7.04. The molecule has 4 aromatic rings. The Balaban J connectivity index is 1.65. The van der Waals surface area contributed by atoms with E-state index in [9.17, 15) is 5.11 Å². The lowest BCUT2D eigenvalue weighted by molar-refractivity contribution is 0.282. The molecule has 0 saturated heterocycles. The Labute approximate surface area is 168 Å². The van der Waals surface area contributed by atoms with Crippen LogP contribution in [0.4, 0.5) is 0 Å². The van der Waals surface area contributed by atoms with Crippen LogP contribution in [0, 0.1) is 13.8 Å². The van der Waals surface area contributed by atoms with Crippen LogP contribution in [0.2, 0.25) is 0 Å². The zero-order valence-corrected chi connectivity index (χ0v) is 16.7. The predicted molar refractivity (Wildman–Crippen MR) is 111 cm³/mol. The molecule has 0 spiro atoms. The molecule has 0 saturated carbocycles. The van der Waals surface area contributed by atoms with Gasteiger partial charge in [0, 0.05) is 5.56 Å². The third-order valence-electron chi connectivity index (χ3n) is 5.09. The van der Waals surface area contributed by atoms with Crippen LogP contribution in [0.15, 0.2) is 63.8 Å². The molecule has 5 heteroatoms. The van der Waals surface area contributed by atoms with E-state index < -0.39 is 0 Å². The van der Waals surface area contributed by atoms with Crippen molar-refractivity contribution in [3.05, 3.63) is 93.0 Å². The third kappa shape index (κ3) is 3.91. The average molecular weight is 391 g/mol. The standard InChI is InChI=1S/C23H22N2O2S/c1-15-3-4-18(11-16(15)2)12-21(20-9-10-28-14-20)23-24-22(25-27-23)19-7-5-17(13-26)6-8-19/h3-11,14,21,26H,12-13H2,1-2H3. The van der Waals surface area contributed by atoms with Crippen molar-refractivity contribution in [1.29, 1.82) is 0 Å². The Bertz CT molecular complexity index is 1050. The van der Waals surface area contributed by atoms with E-state index >= 15 is 0 Å². The van der Waals surface area contributed by atoms with Gasteiger partial charge in [0.15, 0.2) is 0 Å². The quantitative estimate of drug-likeness (QED) is 0.486. The van der Waals surface area contributed by atoms with Gasteiger partial charge >= 0.3 is 0 Å². The summed E-state index contributed by atoms with van der Waals surface area (Å²) in [5.74, 6) is 1.21. The summed E-state index contributed by atoms with van der Waals surface area (Å²) in [6.07, 6.45) is 0.808. The predicted octanol–water partition coefficient (Wildman–Crippen LogP) is 5.28. The summed E-state index contributed by atoms with van der Waals surface area (Å²) in [6, 6.07) is 16.2. The highest BCUT2D eigenvalue weighted by Crippen LogP contribution is 2.31. The van der Waals surface area contributed by atoms with E-state index in [-0.39, 0.29) is 12.5 Å². The average Bonchev–Trinajstić information content (AvgIpc) is 3.41. The summed E-state index contributed by atoms with van der Waals surface area (Å²) >= 11 is 1.67. The summed E-state index contributed by atoms with van der Waals surface area (Å²) < 4.78 is 5.68. The number of aromatic nitrogens is 2. The fourth-order valence-corrected chi connectivity index (χ4v) is 3.95. The van der Waals surface area contributed by atoms with Gasteiger partial charge in [-0.3, -0.25) is 0 Å². The van der Waals surface area contributed by atoms with Crippen LogP contribution in [-0.4, -0.2) is 15.2 Å². The zero-order valence-electron chi connectivity index (χ0n) is 15.9. The normalized spacial score (nSPS) is 12.2. The molecule has 2 heterocycles. The van der Waals surface area contributed by atoms with Crippen molar-refractivity contribution in [2.45, 2.75) is 32.8 Å². The number of thiophene rings is 1. The monoisotopic (exact) mass is 390 g/mol. The number of aliphatic hydroxyl groups is 1. The molecule has 1 unspecified atom stereocenters. The molecule has 0 bridgehead atoms. The molecule has 1 atom stereocenters. The van der Waals surface area contributed by atoms with Crippen molar-refractivity contribution < 1.29 is 9.63 Å². The van der Waals surface area contributed by atoms with Crippen LogP contribution in [0.3, 0.4) is 0 Å². The van der Waals surface area contributed by atoms with Gasteiger partial charge in [-0.15, -0.1) is 0 Å². The van der Waals surface area contributed by atoms with Crippen LogP contribution >= 0.6 is 11.3 Å². The largest absolute Gasteiger partial charge is 0.392 e. The van der Waals surface area contributed by atoms with E-state index in [0.29, 0.717) is 11.7 Å². The third-order valence-corrected chi connectivity index (χ3v) is 5.79. The molecule has 0 fully saturated rings. The van der Waals surface area contributed by atoms with Gasteiger partial charge in [-0.25, -0.2) is 0 Å². The summed E-state index contributed by atoms with van der Waals surface area (Å²) in [6.45, 7) is 4.29. The highest BCUT2D eigenvalue weighted by atomic mass is 32.1. The minimum absolute atomic E-state index is 0.0197. The van der Waals surface area contributed by atoms with Gasteiger partial charge < -0.3 is 9.63 Å². The molecule has 0 aliphatic heterocycles. The molecule has 0 radical (unpaired) electrons. The molecule has 28 heavy (non-hydrogen) atoms. The first-order chi connectivity index (χ1) is 13.6. The van der Waals surface area contributed by atoms with E-state index in [1.807, 2.05) is 24.3 Å². The van der Waals surface area contributed by atoms with Gasteiger partial charge in [0.25, 0.3) is 0 Å². The molecule has 0 aliphatic carbocycles.